The first-order valence-corrected chi connectivity index (χ1v) is 21.1. The van der Waals surface area contributed by atoms with Crippen molar-refractivity contribution in [2.45, 2.75) is 224 Å². The van der Waals surface area contributed by atoms with E-state index >= 15 is 0 Å². The van der Waals surface area contributed by atoms with E-state index in [1.807, 2.05) is 6.08 Å². The molecule has 0 aliphatic carbocycles. The van der Waals surface area contributed by atoms with E-state index in [-0.39, 0.29) is 12.5 Å². The maximum Gasteiger partial charge on any atom is 0.220 e. The molecule has 0 saturated carbocycles. The zero-order valence-corrected chi connectivity index (χ0v) is 32.6. The van der Waals surface area contributed by atoms with Crippen molar-refractivity contribution in [2.75, 3.05) is 13.2 Å². The van der Waals surface area contributed by atoms with Gasteiger partial charge in [0.1, 0.15) is 24.4 Å². The van der Waals surface area contributed by atoms with Crippen LogP contribution in [-0.2, 0) is 14.3 Å². The van der Waals surface area contributed by atoms with Gasteiger partial charge in [-0.05, 0) is 32.1 Å². The Bertz CT molecular complexity index is 853. The number of ether oxygens (including phenoxy) is 2. The van der Waals surface area contributed by atoms with Crippen molar-refractivity contribution in [3.63, 3.8) is 0 Å². The molecule has 1 saturated heterocycles. The predicted molar refractivity (Wildman–Crippen MR) is 207 cm³/mol. The molecule has 7 atom stereocenters. The Hall–Kier alpha value is -1.33. The van der Waals surface area contributed by atoms with Gasteiger partial charge in [0, 0.05) is 6.42 Å². The average molecular weight is 726 g/mol. The zero-order valence-electron chi connectivity index (χ0n) is 32.6. The van der Waals surface area contributed by atoms with Gasteiger partial charge >= 0.3 is 0 Å². The summed E-state index contributed by atoms with van der Waals surface area (Å²) >= 11 is 0. The first-order valence-electron chi connectivity index (χ1n) is 21.1. The summed E-state index contributed by atoms with van der Waals surface area (Å²) in [4.78, 5) is 12.8. The number of aliphatic hydroxyl groups excluding tert-OH is 5. The van der Waals surface area contributed by atoms with E-state index in [2.05, 4.69) is 31.3 Å². The highest BCUT2D eigenvalue weighted by atomic mass is 16.7. The summed E-state index contributed by atoms with van der Waals surface area (Å²) in [5.74, 6) is -0.192. The van der Waals surface area contributed by atoms with Crippen LogP contribution in [0, 0.1) is 0 Å². The molecule has 7 unspecified atom stereocenters. The normalized spacial score (nSPS) is 22.2. The van der Waals surface area contributed by atoms with Gasteiger partial charge < -0.3 is 40.3 Å². The molecule has 1 amide bonds. The predicted octanol–water partition coefficient (Wildman–Crippen LogP) is 7.94. The second-order valence-electron chi connectivity index (χ2n) is 14.8. The molecule has 9 heteroatoms. The van der Waals surface area contributed by atoms with Crippen LogP contribution in [0.1, 0.15) is 181 Å². The van der Waals surface area contributed by atoms with Crippen molar-refractivity contribution in [2.24, 2.45) is 0 Å². The van der Waals surface area contributed by atoms with Crippen molar-refractivity contribution < 1.29 is 39.8 Å². The fraction of sp³-hybridized carbons (Fsp3) is 0.881. The summed E-state index contributed by atoms with van der Waals surface area (Å²) in [6.45, 7) is 3.71. The number of rotatable bonds is 34. The van der Waals surface area contributed by atoms with E-state index in [0.717, 1.165) is 38.5 Å². The molecule has 0 aromatic heterocycles. The molecule has 1 aliphatic rings. The summed E-state index contributed by atoms with van der Waals surface area (Å²) in [7, 11) is 0. The number of carbonyl (C=O) groups is 1. The molecule has 1 fully saturated rings. The van der Waals surface area contributed by atoms with E-state index in [0.29, 0.717) is 6.42 Å². The minimum absolute atomic E-state index is 0.192. The Morgan fingerprint density at radius 3 is 1.65 bits per heavy atom. The van der Waals surface area contributed by atoms with Crippen LogP contribution in [0.2, 0.25) is 0 Å². The van der Waals surface area contributed by atoms with Crippen LogP contribution in [0.25, 0.3) is 0 Å². The fourth-order valence-electron chi connectivity index (χ4n) is 6.58. The highest BCUT2D eigenvalue weighted by Crippen LogP contribution is 2.22. The van der Waals surface area contributed by atoms with Crippen LogP contribution in [0.15, 0.2) is 24.3 Å². The third kappa shape index (κ3) is 24.6. The highest BCUT2D eigenvalue weighted by Gasteiger charge is 2.44. The molecule has 0 aromatic rings. The number of unbranched alkanes of at least 4 members (excludes halogenated alkanes) is 22. The van der Waals surface area contributed by atoms with Gasteiger partial charge in [0.2, 0.25) is 5.91 Å². The van der Waals surface area contributed by atoms with Gasteiger partial charge in [0.05, 0.1) is 25.4 Å². The van der Waals surface area contributed by atoms with E-state index in [1.165, 1.54) is 122 Å². The standard InChI is InChI=1S/C42H79NO8/c1-3-5-7-9-11-13-14-15-16-17-18-19-20-21-22-23-24-25-27-29-31-36(45)35(43-38(46)32-30-28-26-12-10-8-6-4-2)34-50-42-41(49)40(48)39(47)37(33-44)51-42/h23-24,29,31,35-37,39-42,44-45,47-49H,3-22,25-28,30,32-34H2,1-2H3,(H,43,46)/b24-23+,31-29+. The van der Waals surface area contributed by atoms with Gasteiger partial charge in [-0.15, -0.1) is 0 Å². The van der Waals surface area contributed by atoms with E-state index in [4.69, 9.17) is 9.47 Å². The van der Waals surface area contributed by atoms with Gasteiger partial charge in [-0.1, -0.05) is 167 Å². The van der Waals surface area contributed by atoms with E-state index in [9.17, 15) is 30.3 Å². The smallest absolute Gasteiger partial charge is 0.220 e. The topological polar surface area (TPSA) is 149 Å². The Morgan fingerprint density at radius 2 is 1.12 bits per heavy atom. The summed E-state index contributed by atoms with van der Waals surface area (Å²) in [5.41, 5.74) is 0. The minimum Gasteiger partial charge on any atom is -0.394 e. The van der Waals surface area contributed by atoms with Gasteiger partial charge in [-0.3, -0.25) is 4.79 Å². The van der Waals surface area contributed by atoms with Crippen LogP contribution >= 0.6 is 0 Å². The van der Waals surface area contributed by atoms with Gasteiger partial charge in [0.25, 0.3) is 0 Å². The quantitative estimate of drug-likeness (QED) is 0.0289. The lowest BCUT2D eigenvalue weighted by Gasteiger charge is -2.40. The Morgan fingerprint density at radius 1 is 0.647 bits per heavy atom. The number of hydrogen-bond acceptors (Lipinski definition) is 8. The zero-order chi connectivity index (χ0) is 37.4. The number of nitrogens with one attached hydrogen (secondary N) is 1. The van der Waals surface area contributed by atoms with Crippen LogP contribution in [0.3, 0.4) is 0 Å². The van der Waals surface area contributed by atoms with Crippen molar-refractivity contribution >= 4 is 5.91 Å². The Labute approximate surface area is 311 Å². The van der Waals surface area contributed by atoms with Crippen LogP contribution in [0.5, 0.6) is 0 Å². The van der Waals surface area contributed by atoms with Crippen LogP contribution < -0.4 is 5.32 Å². The first kappa shape index (κ1) is 47.7. The van der Waals surface area contributed by atoms with Crippen molar-refractivity contribution in [1.82, 2.24) is 5.32 Å². The minimum atomic E-state index is -1.57. The number of hydrogen-bond donors (Lipinski definition) is 6. The molecule has 1 rings (SSSR count). The molecular weight excluding hydrogens is 646 g/mol. The molecule has 0 spiro atoms. The largest absolute Gasteiger partial charge is 0.394 e. The maximum atomic E-state index is 12.8. The molecule has 51 heavy (non-hydrogen) atoms. The third-order valence-electron chi connectivity index (χ3n) is 10.0. The second-order valence-corrected chi connectivity index (χ2v) is 14.8. The summed E-state index contributed by atoms with van der Waals surface area (Å²) in [6.07, 6.45) is 31.0. The third-order valence-corrected chi connectivity index (χ3v) is 10.0. The van der Waals surface area contributed by atoms with Gasteiger partial charge in [0.15, 0.2) is 6.29 Å². The van der Waals surface area contributed by atoms with Crippen LogP contribution in [-0.4, -0.2) is 87.5 Å². The Kier molecular flexibility index (Phi) is 31.1. The Balaban J connectivity index is 2.37. The van der Waals surface area contributed by atoms with Gasteiger partial charge in [-0.25, -0.2) is 0 Å². The number of amides is 1. The lowest BCUT2D eigenvalue weighted by molar-refractivity contribution is -0.302. The van der Waals surface area contributed by atoms with Crippen LogP contribution in [0.4, 0.5) is 0 Å². The number of carbonyl (C=O) groups excluding carboxylic acids is 1. The van der Waals surface area contributed by atoms with Crippen molar-refractivity contribution in [3.05, 3.63) is 24.3 Å². The number of allylic oxidation sites excluding steroid dienone is 3. The molecule has 9 nitrogen and oxygen atoms in total. The maximum absolute atomic E-state index is 12.8. The lowest BCUT2D eigenvalue weighted by Crippen LogP contribution is -2.60. The molecule has 300 valence electrons. The molecule has 0 bridgehead atoms. The molecule has 0 radical (unpaired) electrons. The molecule has 0 aromatic carbocycles. The SMILES string of the molecule is CCCCCCCCCCCCCCCC/C=C/CC/C=C/C(O)C(COC1OC(CO)C(O)C(O)C1O)NC(=O)CCCCCCCCCC. The summed E-state index contributed by atoms with van der Waals surface area (Å²) in [6, 6.07) is -0.814. The monoisotopic (exact) mass is 726 g/mol. The molecule has 6 N–H and O–H groups in total. The van der Waals surface area contributed by atoms with Gasteiger partial charge in [-0.2, -0.15) is 0 Å². The van der Waals surface area contributed by atoms with Crippen molar-refractivity contribution in [1.29, 1.82) is 0 Å². The molecule has 1 heterocycles. The lowest BCUT2D eigenvalue weighted by atomic mass is 9.99. The summed E-state index contributed by atoms with van der Waals surface area (Å²) < 4.78 is 11.1. The summed E-state index contributed by atoms with van der Waals surface area (Å²) in [5, 5.41) is 53.9. The second kappa shape index (κ2) is 33.3. The van der Waals surface area contributed by atoms with E-state index < -0.39 is 49.5 Å². The average Bonchev–Trinajstić information content (AvgIpc) is 3.13. The highest BCUT2D eigenvalue weighted by molar-refractivity contribution is 5.76. The fourth-order valence-corrected chi connectivity index (χ4v) is 6.58. The number of aliphatic hydroxyl groups is 5. The van der Waals surface area contributed by atoms with E-state index in [1.54, 1.807) is 6.08 Å². The molecular formula is C42H79NO8. The molecule has 1 aliphatic heterocycles. The first-order chi connectivity index (χ1) is 24.8. The van der Waals surface area contributed by atoms with Crippen molar-refractivity contribution in [3.8, 4) is 0 Å².